The predicted octanol–water partition coefficient (Wildman–Crippen LogP) is 3.79. The number of carbonyl (C=O) groups is 1. The van der Waals surface area contributed by atoms with E-state index in [1.54, 1.807) is 31.2 Å². The first-order valence-corrected chi connectivity index (χ1v) is 6.14. The lowest BCUT2D eigenvalue weighted by Gasteiger charge is -2.06. The van der Waals surface area contributed by atoms with Gasteiger partial charge in [0.05, 0.1) is 6.61 Å². The second-order valence-electron chi connectivity index (χ2n) is 4.30. The fourth-order valence-corrected chi connectivity index (χ4v) is 1.69. The highest BCUT2D eigenvalue weighted by Crippen LogP contribution is 2.16. The quantitative estimate of drug-likeness (QED) is 0.763. The van der Waals surface area contributed by atoms with Crippen molar-refractivity contribution in [1.82, 2.24) is 0 Å². The normalized spacial score (nSPS) is 10.2. The summed E-state index contributed by atoms with van der Waals surface area (Å²) in [5.41, 5.74) is 1.24. The van der Waals surface area contributed by atoms with Crippen molar-refractivity contribution in [3.8, 4) is 5.75 Å². The molecule has 2 aromatic carbocycles. The van der Waals surface area contributed by atoms with Crippen molar-refractivity contribution in [2.75, 3.05) is 6.61 Å². The summed E-state index contributed by atoms with van der Waals surface area (Å²) in [6.07, 6.45) is 0.277. The molecule has 0 bridgehead atoms. The minimum Gasteiger partial charge on any atom is -0.493 e. The number of aryl methyl sites for hydroxylation is 1. The SMILES string of the molecule is Cc1ccc(OCCC(=O)c2ccccc2)cc1F. The molecule has 98 valence electrons. The molecule has 0 unspecified atom stereocenters. The molecule has 0 spiro atoms. The van der Waals surface area contributed by atoms with Gasteiger partial charge in [0.15, 0.2) is 5.78 Å². The molecule has 0 aliphatic rings. The van der Waals surface area contributed by atoms with Crippen LogP contribution in [0.2, 0.25) is 0 Å². The average Bonchev–Trinajstić information content (AvgIpc) is 2.43. The highest BCUT2D eigenvalue weighted by Gasteiger charge is 2.06. The van der Waals surface area contributed by atoms with Crippen LogP contribution < -0.4 is 4.74 Å². The van der Waals surface area contributed by atoms with Gasteiger partial charge in [-0.25, -0.2) is 4.39 Å². The molecule has 2 rings (SSSR count). The fourth-order valence-electron chi connectivity index (χ4n) is 1.69. The molecule has 0 N–H and O–H groups in total. The van der Waals surface area contributed by atoms with Crippen molar-refractivity contribution in [3.63, 3.8) is 0 Å². The Balaban J connectivity index is 1.87. The number of ether oxygens (including phenoxy) is 1. The number of carbonyl (C=O) groups excluding carboxylic acids is 1. The van der Waals surface area contributed by atoms with Gasteiger partial charge in [0, 0.05) is 18.1 Å². The second-order valence-corrected chi connectivity index (χ2v) is 4.30. The van der Waals surface area contributed by atoms with E-state index in [9.17, 15) is 9.18 Å². The number of hydrogen-bond donors (Lipinski definition) is 0. The molecule has 0 saturated heterocycles. The van der Waals surface area contributed by atoms with Crippen LogP contribution in [-0.2, 0) is 0 Å². The first-order chi connectivity index (χ1) is 9.16. The van der Waals surface area contributed by atoms with Crippen LogP contribution in [0.1, 0.15) is 22.3 Å². The molecule has 0 radical (unpaired) electrons. The van der Waals surface area contributed by atoms with Gasteiger partial charge in [-0.2, -0.15) is 0 Å². The number of hydrogen-bond acceptors (Lipinski definition) is 2. The Kier molecular flexibility index (Phi) is 4.29. The Morgan fingerprint density at radius 1 is 1.16 bits per heavy atom. The van der Waals surface area contributed by atoms with Crippen LogP contribution in [-0.4, -0.2) is 12.4 Å². The van der Waals surface area contributed by atoms with Crippen molar-refractivity contribution in [2.24, 2.45) is 0 Å². The summed E-state index contributed by atoms with van der Waals surface area (Å²) in [6, 6.07) is 13.7. The third-order valence-electron chi connectivity index (χ3n) is 2.84. The van der Waals surface area contributed by atoms with E-state index in [2.05, 4.69) is 0 Å². The maximum Gasteiger partial charge on any atom is 0.166 e. The zero-order valence-electron chi connectivity index (χ0n) is 10.7. The van der Waals surface area contributed by atoms with Crippen LogP contribution in [0.15, 0.2) is 48.5 Å². The third kappa shape index (κ3) is 3.65. The summed E-state index contributed by atoms with van der Waals surface area (Å²) in [5, 5.41) is 0. The molecular weight excluding hydrogens is 243 g/mol. The minimum atomic E-state index is -0.299. The van der Waals surface area contributed by atoms with Crippen molar-refractivity contribution >= 4 is 5.78 Å². The summed E-state index contributed by atoms with van der Waals surface area (Å²) < 4.78 is 18.7. The monoisotopic (exact) mass is 258 g/mol. The van der Waals surface area contributed by atoms with E-state index < -0.39 is 0 Å². The Morgan fingerprint density at radius 3 is 2.58 bits per heavy atom. The van der Waals surface area contributed by atoms with Gasteiger partial charge < -0.3 is 4.74 Å². The largest absolute Gasteiger partial charge is 0.493 e. The summed E-state index contributed by atoms with van der Waals surface area (Å²) in [4.78, 5) is 11.8. The molecule has 2 aromatic rings. The van der Waals surface area contributed by atoms with Crippen LogP contribution in [0.25, 0.3) is 0 Å². The molecule has 0 atom stereocenters. The van der Waals surface area contributed by atoms with Gasteiger partial charge in [-0.3, -0.25) is 4.79 Å². The Hall–Kier alpha value is -2.16. The van der Waals surface area contributed by atoms with Crippen molar-refractivity contribution in [3.05, 3.63) is 65.5 Å². The van der Waals surface area contributed by atoms with Crippen molar-refractivity contribution in [1.29, 1.82) is 0 Å². The predicted molar refractivity (Wildman–Crippen MR) is 72.0 cm³/mol. The zero-order valence-corrected chi connectivity index (χ0v) is 10.7. The number of halogens is 1. The van der Waals surface area contributed by atoms with Gasteiger partial charge in [0.25, 0.3) is 0 Å². The van der Waals surface area contributed by atoms with Crippen LogP contribution in [0, 0.1) is 12.7 Å². The van der Waals surface area contributed by atoms with Gasteiger partial charge >= 0.3 is 0 Å². The Labute approximate surface area is 111 Å². The van der Waals surface area contributed by atoms with Gasteiger partial charge in [-0.1, -0.05) is 36.4 Å². The maximum atomic E-state index is 13.3. The molecule has 2 nitrogen and oxygen atoms in total. The molecule has 3 heteroatoms. The van der Waals surface area contributed by atoms with E-state index in [0.29, 0.717) is 16.9 Å². The van der Waals surface area contributed by atoms with Gasteiger partial charge in [0.2, 0.25) is 0 Å². The standard InChI is InChI=1S/C16H15FO2/c1-12-7-8-14(11-15(12)17)19-10-9-16(18)13-5-3-2-4-6-13/h2-8,11H,9-10H2,1H3. The van der Waals surface area contributed by atoms with E-state index >= 15 is 0 Å². The first-order valence-electron chi connectivity index (χ1n) is 6.14. The Morgan fingerprint density at radius 2 is 1.89 bits per heavy atom. The van der Waals surface area contributed by atoms with Crippen LogP contribution in [0.3, 0.4) is 0 Å². The highest BCUT2D eigenvalue weighted by atomic mass is 19.1. The Bertz CT molecular complexity index is 564. The van der Waals surface area contributed by atoms with Gasteiger partial charge in [-0.05, 0) is 18.6 Å². The molecule has 19 heavy (non-hydrogen) atoms. The topological polar surface area (TPSA) is 26.3 Å². The lowest BCUT2D eigenvalue weighted by molar-refractivity contribution is 0.0962. The molecule has 0 aliphatic heterocycles. The second kappa shape index (κ2) is 6.14. The van der Waals surface area contributed by atoms with Gasteiger partial charge in [0.1, 0.15) is 11.6 Å². The van der Waals surface area contributed by atoms with Crippen LogP contribution >= 0.6 is 0 Å². The lowest BCUT2D eigenvalue weighted by atomic mass is 10.1. The number of benzene rings is 2. The number of Topliss-reactive ketones (excluding diaryl/α,β-unsaturated/α-hetero) is 1. The van der Waals surface area contributed by atoms with E-state index in [1.807, 2.05) is 18.2 Å². The summed E-state index contributed by atoms with van der Waals surface area (Å²) in [6.45, 7) is 1.94. The molecular formula is C16H15FO2. The third-order valence-corrected chi connectivity index (χ3v) is 2.84. The molecule has 0 fully saturated rings. The van der Waals surface area contributed by atoms with Gasteiger partial charge in [-0.15, -0.1) is 0 Å². The van der Waals surface area contributed by atoms with E-state index in [4.69, 9.17) is 4.74 Å². The molecule has 0 aromatic heterocycles. The fraction of sp³-hybridized carbons (Fsp3) is 0.188. The van der Waals surface area contributed by atoms with E-state index in [1.165, 1.54) is 6.07 Å². The van der Waals surface area contributed by atoms with Crippen LogP contribution in [0.4, 0.5) is 4.39 Å². The summed E-state index contributed by atoms with van der Waals surface area (Å²) in [7, 11) is 0. The van der Waals surface area contributed by atoms with Crippen molar-refractivity contribution in [2.45, 2.75) is 13.3 Å². The van der Waals surface area contributed by atoms with Crippen LogP contribution in [0.5, 0.6) is 5.75 Å². The summed E-state index contributed by atoms with van der Waals surface area (Å²) in [5.74, 6) is 0.170. The maximum absolute atomic E-state index is 13.3. The lowest BCUT2D eigenvalue weighted by Crippen LogP contribution is -2.06. The average molecular weight is 258 g/mol. The van der Waals surface area contributed by atoms with Crippen molar-refractivity contribution < 1.29 is 13.9 Å². The summed E-state index contributed by atoms with van der Waals surface area (Å²) >= 11 is 0. The zero-order chi connectivity index (χ0) is 13.7. The molecule has 0 heterocycles. The molecule has 0 aliphatic carbocycles. The number of rotatable bonds is 5. The van der Waals surface area contributed by atoms with E-state index in [0.717, 1.165) is 0 Å². The smallest absolute Gasteiger partial charge is 0.166 e. The number of ketones is 1. The molecule has 0 amide bonds. The van der Waals surface area contributed by atoms with E-state index in [-0.39, 0.29) is 24.6 Å². The highest BCUT2D eigenvalue weighted by molar-refractivity contribution is 5.96. The minimum absolute atomic E-state index is 0.0215. The first kappa shape index (κ1) is 13.3. The molecule has 0 saturated carbocycles.